The third-order valence-corrected chi connectivity index (χ3v) is 8.89. The number of carbonyl (C=O) groups excluding carboxylic acids is 2. The Balaban J connectivity index is 1.84. The van der Waals surface area contributed by atoms with Gasteiger partial charge in [0.15, 0.2) is 0 Å². The summed E-state index contributed by atoms with van der Waals surface area (Å²) in [7, 11) is 0. The number of halogens is 2. The maximum atomic E-state index is 13.3. The van der Waals surface area contributed by atoms with Gasteiger partial charge in [0, 0.05) is 28.2 Å². The zero-order valence-corrected chi connectivity index (χ0v) is 22.5. The number of hydrogen-bond donors (Lipinski definition) is 1. The molecule has 2 unspecified atom stereocenters. The minimum atomic E-state index is -0.656. The Morgan fingerprint density at radius 3 is 2.85 bits per heavy atom. The molecule has 1 fully saturated rings. The number of rotatable bonds is 4. The zero-order valence-electron chi connectivity index (χ0n) is 18.6. The van der Waals surface area contributed by atoms with Crippen molar-refractivity contribution in [3.63, 3.8) is 0 Å². The number of pyridine rings is 1. The number of hydrogen-bond acceptors (Lipinski definition) is 7. The number of ketones is 1. The average Bonchev–Trinajstić information content (AvgIpc) is 3.35. The number of fused-ring (bicyclic) bond motifs is 1. The number of nitrogens with two attached hydrogens (primary N) is 1. The summed E-state index contributed by atoms with van der Waals surface area (Å²) in [6, 6.07) is 5.07. The largest absolute Gasteiger partial charge is 0.443 e. The van der Waals surface area contributed by atoms with Crippen LogP contribution in [-0.2, 0) is 16.1 Å². The number of amides is 1. The Morgan fingerprint density at radius 1 is 1.42 bits per heavy atom. The van der Waals surface area contributed by atoms with E-state index in [0.29, 0.717) is 24.2 Å². The molecule has 0 aliphatic heterocycles. The van der Waals surface area contributed by atoms with Crippen LogP contribution in [-0.4, -0.2) is 28.5 Å². The summed E-state index contributed by atoms with van der Waals surface area (Å²) in [5.41, 5.74) is 6.91. The van der Waals surface area contributed by atoms with Gasteiger partial charge in [-0.15, -0.1) is 22.7 Å². The first-order valence-electron chi connectivity index (χ1n) is 10.6. The summed E-state index contributed by atoms with van der Waals surface area (Å²) < 4.78 is 7.31. The molecule has 3 heterocycles. The lowest BCUT2D eigenvalue weighted by Crippen LogP contribution is -2.39. The molecule has 1 aliphatic rings. The molecule has 2 N–H and O–H groups in total. The van der Waals surface area contributed by atoms with Crippen LogP contribution in [0.5, 0.6) is 0 Å². The molecule has 10 heteroatoms. The molecule has 2 atom stereocenters. The molecule has 3 aromatic rings. The molecule has 0 radical (unpaired) electrons. The lowest BCUT2D eigenvalue weighted by Gasteiger charge is -2.27. The van der Waals surface area contributed by atoms with E-state index in [1.165, 1.54) is 11.3 Å². The second kappa shape index (κ2) is 9.62. The lowest BCUT2D eigenvalue weighted by atomic mass is 9.83. The standard InChI is InChI=1S/C23H25BrClN3O3S2/c1-23(2,3)31-22(30)28(11-12-6-5-9-32-12)14-10-16(25)27-19-17(24)20(33-21(14)19)13-7-4-8-15(29)18(13)26/h5-6,9-10,13,18H,4,7-8,11,26H2,1-3H3. The first-order valence-corrected chi connectivity index (χ1v) is 13.5. The Labute approximate surface area is 214 Å². The normalized spacial score (nSPS) is 19.2. The highest BCUT2D eigenvalue weighted by Gasteiger charge is 2.34. The maximum Gasteiger partial charge on any atom is 0.415 e. The fourth-order valence-electron chi connectivity index (χ4n) is 3.93. The summed E-state index contributed by atoms with van der Waals surface area (Å²) in [5, 5.41) is 2.24. The fraction of sp³-hybridized carbons (Fsp3) is 0.435. The van der Waals surface area contributed by atoms with Crippen LogP contribution >= 0.6 is 50.2 Å². The molecule has 0 bridgehead atoms. The third kappa shape index (κ3) is 5.27. The van der Waals surface area contributed by atoms with Crippen LogP contribution < -0.4 is 10.6 Å². The first kappa shape index (κ1) is 24.6. The van der Waals surface area contributed by atoms with Crippen molar-refractivity contribution in [3.05, 3.63) is 43.0 Å². The second-order valence-corrected chi connectivity index (χ2v) is 12.3. The van der Waals surface area contributed by atoms with Crippen molar-refractivity contribution in [3.8, 4) is 0 Å². The summed E-state index contributed by atoms with van der Waals surface area (Å²) in [5.74, 6) is -0.0198. The molecule has 0 aromatic carbocycles. The zero-order chi connectivity index (χ0) is 23.9. The van der Waals surface area contributed by atoms with Crippen molar-refractivity contribution in [1.82, 2.24) is 4.98 Å². The quantitative estimate of drug-likeness (QED) is 0.346. The van der Waals surface area contributed by atoms with Crippen LogP contribution in [0, 0.1) is 0 Å². The number of carbonyl (C=O) groups is 2. The van der Waals surface area contributed by atoms with Crippen molar-refractivity contribution in [2.45, 2.75) is 64.1 Å². The molecule has 1 amide bonds. The molecule has 4 rings (SSSR count). The van der Waals surface area contributed by atoms with Gasteiger partial charge in [0.25, 0.3) is 0 Å². The average molecular weight is 571 g/mol. The SMILES string of the molecule is CC(C)(C)OC(=O)N(Cc1cccs1)c1cc(Cl)nc2c(Br)c(C3CCCC(=O)C3N)sc12. The monoisotopic (exact) mass is 569 g/mol. The Bertz CT molecular complexity index is 1190. The van der Waals surface area contributed by atoms with Crippen molar-refractivity contribution in [2.24, 2.45) is 5.73 Å². The van der Waals surface area contributed by atoms with Crippen LogP contribution in [0.2, 0.25) is 5.15 Å². The van der Waals surface area contributed by atoms with Crippen molar-refractivity contribution < 1.29 is 14.3 Å². The number of ether oxygens (including phenoxy) is 1. The van der Waals surface area contributed by atoms with Crippen LogP contribution in [0.15, 0.2) is 28.1 Å². The van der Waals surface area contributed by atoms with E-state index >= 15 is 0 Å². The van der Waals surface area contributed by atoms with Crippen LogP contribution in [0.25, 0.3) is 10.2 Å². The molecule has 0 spiro atoms. The van der Waals surface area contributed by atoms with Gasteiger partial charge in [0.1, 0.15) is 16.5 Å². The maximum absolute atomic E-state index is 13.3. The van der Waals surface area contributed by atoms with Gasteiger partial charge in [-0.05, 0) is 61.0 Å². The van der Waals surface area contributed by atoms with E-state index in [1.54, 1.807) is 22.3 Å². The van der Waals surface area contributed by atoms with E-state index < -0.39 is 17.7 Å². The molecule has 1 saturated carbocycles. The molecule has 3 aromatic heterocycles. The predicted octanol–water partition coefficient (Wildman–Crippen LogP) is 6.88. The predicted molar refractivity (Wildman–Crippen MR) is 139 cm³/mol. The van der Waals surface area contributed by atoms with Gasteiger partial charge < -0.3 is 10.5 Å². The van der Waals surface area contributed by atoms with E-state index in [0.717, 1.165) is 31.8 Å². The number of thiophene rings is 2. The molecule has 0 saturated heterocycles. The fourth-order valence-corrected chi connectivity index (χ4v) is 7.11. The van der Waals surface area contributed by atoms with Crippen LogP contribution in [0.1, 0.15) is 55.7 Å². The van der Waals surface area contributed by atoms with E-state index in [1.807, 2.05) is 38.3 Å². The van der Waals surface area contributed by atoms with Gasteiger partial charge in [-0.1, -0.05) is 17.7 Å². The highest BCUT2D eigenvalue weighted by molar-refractivity contribution is 9.10. The van der Waals surface area contributed by atoms with Gasteiger partial charge >= 0.3 is 6.09 Å². The van der Waals surface area contributed by atoms with Gasteiger partial charge in [-0.25, -0.2) is 9.78 Å². The third-order valence-electron chi connectivity index (χ3n) is 5.44. The van der Waals surface area contributed by atoms with E-state index in [2.05, 4.69) is 20.9 Å². The van der Waals surface area contributed by atoms with Gasteiger partial charge in [-0.2, -0.15) is 0 Å². The summed E-state index contributed by atoms with van der Waals surface area (Å²) in [6.07, 6.45) is 1.69. The van der Waals surface area contributed by atoms with E-state index in [-0.39, 0.29) is 16.9 Å². The molecule has 6 nitrogen and oxygen atoms in total. The highest BCUT2D eigenvalue weighted by atomic mass is 79.9. The molecule has 33 heavy (non-hydrogen) atoms. The molecular weight excluding hydrogens is 546 g/mol. The summed E-state index contributed by atoms with van der Waals surface area (Å²) in [4.78, 5) is 33.7. The number of aromatic nitrogens is 1. The first-order chi connectivity index (χ1) is 15.5. The van der Waals surface area contributed by atoms with Gasteiger partial charge in [0.05, 0.1) is 33.0 Å². The van der Waals surface area contributed by atoms with Gasteiger partial charge in [-0.3, -0.25) is 9.69 Å². The number of Topliss-reactive ketones (excluding diaryl/α,β-unsaturated/α-hetero) is 1. The molecule has 1 aliphatic carbocycles. The number of anilines is 1. The smallest absolute Gasteiger partial charge is 0.415 e. The second-order valence-electron chi connectivity index (χ2n) is 9.06. The minimum absolute atomic E-state index is 0.0786. The molecule has 176 valence electrons. The van der Waals surface area contributed by atoms with E-state index in [4.69, 9.17) is 22.1 Å². The van der Waals surface area contributed by atoms with Crippen molar-refractivity contribution in [2.75, 3.05) is 4.90 Å². The minimum Gasteiger partial charge on any atom is -0.443 e. The van der Waals surface area contributed by atoms with Crippen LogP contribution in [0.4, 0.5) is 10.5 Å². The summed E-state index contributed by atoms with van der Waals surface area (Å²) in [6.45, 7) is 5.86. The summed E-state index contributed by atoms with van der Waals surface area (Å²) >= 11 is 13.2. The van der Waals surface area contributed by atoms with Crippen molar-refractivity contribution >= 4 is 78.0 Å². The van der Waals surface area contributed by atoms with Crippen molar-refractivity contribution in [1.29, 1.82) is 0 Å². The van der Waals surface area contributed by atoms with Gasteiger partial charge in [0.2, 0.25) is 0 Å². The molecular formula is C23H25BrClN3O3S2. The van der Waals surface area contributed by atoms with Crippen LogP contribution in [0.3, 0.4) is 0 Å². The lowest BCUT2D eigenvalue weighted by molar-refractivity contribution is -0.122. The topological polar surface area (TPSA) is 85.5 Å². The number of nitrogens with zero attached hydrogens (tertiary/aromatic N) is 2. The Morgan fingerprint density at radius 2 is 2.18 bits per heavy atom. The highest BCUT2D eigenvalue weighted by Crippen LogP contribution is 2.47. The Kier molecular flexibility index (Phi) is 7.17. The van der Waals surface area contributed by atoms with E-state index in [9.17, 15) is 9.59 Å². The Hall–Kier alpha value is -1.52.